The van der Waals surface area contributed by atoms with E-state index in [0.29, 0.717) is 55.3 Å². The van der Waals surface area contributed by atoms with E-state index in [4.69, 9.17) is 5.11 Å². The van der Waals surface area contributed by atoms with Gasteiger partial charge in [-0.2, -0.15) is 23.4 Å². The maximum Gasteiger partial charge on any atom is 0.417 e. The van der Waals surface area contributed by atoms with Crippen LogP contribution in [0.2, 0.25) is 0 Å². The van der Waals surface area contributed by atoms with Gasteiger partial charge in [-0.15, -0.1) is 0 Å². The average molecular weight is 567 g/mol. The van der Waals surface area contributed by atoms with Gasteiger partial charge in [-0.3, -0.25) is 19.0 Å². The fourth-order valence-corrected chi connectivity index (χ4v) is 4.92. The molecule has 1 atom stereocenters. The fourth-order valence-electron chi connectivity index (χ4n) is 4.92. The molecule has 1 aliphatic rings. The normalized spacial score (nSPS) is 16.0. The molecule has 15 heteroatoms. The zero-order valence-electron chi connectivity index (χ0n) is 21.6. The molecule has 1 amide bonds. The molecular formula is C26H25F3N10O2. The number of hydrogen-bond donors (Lipinski definition) is 2. The van der Waals surface area contributed by atoms with E-state index in [1.54, 1.807) is 40.4 Å². The molecule has 0 radical (unpaired) electrons. The molecule has 0 aromatic carbocycles. The number of fused-ring (bicyclic) bond motifs is 1. The molecule has 12 nitrogen and oxygen atoms in total. The number of aromatic amines is 1. The topological polar surface area (TPSA) is 133 Å². The number of hydrogen-bond acceptors (Lipinski definition) is 8. The van der Waals surface area contributed by atoms with E-state index in [1.165, 1.54) is 22.9 Å². The van der Waals surface area contributed by atoms with E-state index in [9.17, 15) is 18.0 Å². The number of H-pyrrole nitrogens is 1. The number of piperazine rings is 1. The molecule has 1 unspecified atom stereocenters. The van der Waals surface area contributed by atoms with E-state index >= 15 is 0 Å². The number of anilines is 1. The highest BCUT2D eigenvalue weighted by molar-refractivity contribution is 5.94. The zero-order valence-corrected chi connectivity index (χ0v) is 21.6. The van der Waals surface area contributed by atoms with Crippen LogP contribution in [0.4, 0.5) is 19.0 Å². The van der Waals surface area contributed by atoms with Crippen LogP contribution in [0.5, 0.6) is 0 Å². The predicted molar refractivity (Wildman–Crippen MR) is 140 cm³/mol. The molecule has 212 valence electrons. The first kappa shape index (κ1) is 26.4. The second kappa shape index (κ2) is 10.6. The van der Waals surface area contributed by atoms with Gasteiger partial charge < -0.3 is 14.9 Å². The van der Waals surface area contributed by atoms with Crippen molar-refractivity contribution in [3.05, 3.63) is 78.3 Å². The minimum atomic E-state index is -4.50. The smallest absolute Gasteiger partial charge is 0.396 e. The molecule has 1 saturated heterocycles. The molecule has 5 aromatic rings. The lowest BCUT2D eigenvalue weighted by Gasteiger charge is -2.41. The molecule has 6 rings (SSSR count). The summed E-state index contributed by atoms with van der Waals surface area (Å²) in [6.07, 6.45) is 6.61. The molecule has 41 heavy (non-hydrogen) atoms. The number of imidazole rings is 1. The van der Waals surface area contributed by atoms with Gasteiger partial charge >= 0.3 is 6.18 Å². The number of rotatable bonds is 7. The van der Waals surface area contributed by atoms with Crippen molar-refractivity contribution in [1.29, 1.82) is 0 Å². The van der Waals surface area contributed by atoms with Gasteiger partial charge in [0.25, 0.3) is 5.91 Å². The van der Waals surface area contributed by atoms with Crippen molar-refractivity contribution in [3.8, 4) is 11.5 Å². The van der Waals surface area contributed by atoms with Gasteiger partial charge in [0.2, 0.25) is 0 Å². The number of pyridine rings is 1. The highest BCUT2D eigenvalue weighted by atomic mass is 19.4. The van der Waals surface area contributed by atoms with Crippen LogP contribution in [0, 0.1) is 0 Å². The van der Waals surface area contributed by atoms with Gasteiger partial charge in [0.15, 0.2) is 5.82 Å². The first-order chi connectivity index (χ1) is 19.8. The Morgan fingerprint density at radius 1 is 1.10 bits per heavy atom. The first-order valence-electron chi connectivity index (χ1n) is 12.9. The van der Waals surface area contributed by atoms with Gasteiger partial charge in [0, 0.05) is 63.1 Å². The molecule has 0 aliphatic carbocycles. The summed E-state index contributed by atoms with van der Waals surface area (Å²) in [5, 5.41) is 20.2. The SMILES string of the molecule is O=C(c1cnn(CCCO)c1)N1CCN(c2ccnc(-c3cnc4ccc(C(F)(F)F)cn34)n2)CC1c1cn[nH]c1. The zero-order chi connectivity index (χ0) is 28.6. The van der Waals surface area contributed by atoms with Crippen LogP contribution in [-0.2, 0) is 12.7 Å². The third-order valence-electron chi connectivity index (χ3n) is 7.00. The van der Waals surface area contributed by atoms with Gasteiger partial charge in [-0.05, 0) is 24.6 Å². The number of nitrogens with zero attached hydrogens (tertiary/aromatic N) is 9. The Hall–Kier alpha value is -4.79. The van der Waals surface area contributed by atoms with E-state index in [-0.39, 0.29) is 24.4 Å². The standard InChI is InChI=1S/C26H25F3N10O2/c27-26(28,29)19-2-3-22-31-13-20(39(22)15-19)24-30-5-4-23(35-24)36-7-8-38(21(16-36)17-10-32-33-11-17)25(41)18-12-34-37(14-18)6-1-9-40/h2-5,10-15,21,40H,1,6-9,16H2,(H,32,33). The summed E-state index contributed by atoms with van der Waals surface area (Å²) in [5.74, 6) is 0.609. The Morgan fingerprint density at radius 3 is 2.76 bits per heavy atom. The molecule has 5 aromatic heterocycles. The molecular weight excluding hydrogens is 541 g/mol. The number of aliphatic hydroxyl groups is 1. The Kier molecular flexibility index (Phi) is 6.86. The van der Waals surface area contributed by atoms with Crippen molar-refractivity contribution in [2.24, 2.45) is 0 Å². The van der Waals surface area contributed by atoms with E-state index in [1.807, 2.05) is 4.90 Å². The maximum absolute atomic E-state index is 13.5. The summed E-state index contributed by atoms with van der Waals surface area (Å²) in [6.45, 7) is 1.76. The third-order valence-corrected chi connectivity index (χ3v) is 7.00. The lowest BCUT2D eigenvalue weighted by Crippen LogP contribution is -2.51. The Morgan fingerprint density at radius 2 is 1.98 bits per heavy atom. The average Bonchev–Trinajstić information content (AvgIpc) is 3.76. The van der Waals surface area contributed by atoms with Crippen molar-refractivity contribution >= 4 is 17.4 Å². The number of halogens is 3. The van der Waals surface area contributed by atoms with E-state index in [0.717, 1.165) is 17.8 Å². The molecule has 0 bridgehead atoms. The third kappa shape index (κ3) is 5.23. The Labute approximate surface area is 231 Å². The van der Waals surface area contributed by atoms with Crippen LogP contribution in [0.3, 0.4) is 0 Å². The van der Waals surface area contributed by atoms with Crippen LogP contribution < -0.4 is 4.90 Å². The van der Waals surface area contributed by atoms with Crippen LogP contribution in [0.1, 0.15) is 33.9 Å². The van der Waals surface area contributed by atoms with Gasteiger partial charge in [-0.1, -0.05) is 0 Å². The largest absolute Gasteiger partial charge is 0.417 e. The summed E-state index contributed by atoms with van der Waals surface area (Å²) in [5.41, 5.74) is 1.12. The highest BCUT2D eigenvalue weighted by Gasteiger charge is 2.34. The minimum Gasteiger partial charge on any atom is -0.396 e. The summed E-state index contributed by atoms with van der Waals surface area (Å²) in [4.78, 5) is 30.5. The van der Waals surface area contributed by atoms with Crippen LogP contribution in [0.25, 0.3) is 17.2 Å². The monoisotopic (exact) mass is 566 g/mol. The Bertz CT molecular complexity index is 1660. The van der Waals surface area contributed by atoms with Crippen molar-refractivity contribution in [2.45, 2.75) is 25.2 Å². The number of carbonyl (C=O) groups excluding carboxylic acids is 1. The molecule has 6 heterocycles. The number of aryl methyl sites for hydroxylation is 1. The van der Waals surface area contributed by atoms with Crippen molar-refractivity contribution in [2.75, 3.05) is 31.1 Å². The lowest BCUT2D eigenvalue weighted by molar-refractivity contribution is -0.137. The molecule has 0 spiro atoms. The summed E-state index contributed by atoms with van der Waals surface area (Å²) in [6, 6.07) is 3.65. The van der Waals surface area contributed by atoms with Crippen LogP contribution in [0.15, 0.2) is 61.6 Å². The fraction of sp³-hybridized carbons (Fsp3) is 0.308. The van der Waals surface area contributed by atoms with Crippen molar-refractivity contribution in [1.82, 2.24) is 44.2 Å². The number of amides is 1. The summed E-state index contributed by atoms with van der Waals surface area (Å²) in [7, 11) is 0. The number of carbonyl (C=O) groups is 1. The van der Waals surface area contributed by atoms with Gasteiger partial charge in [-0.25, -0.2) is 15.0 Å². The van der Waals surface area contributed by atoms with Crippen LogP contribution >= 0.6 is 0 Å². The minimum absolute atomic E-state index is 0.0320. The van der Waals surface area contributed by atoms with E-state index < -0.39 is 11.7 Å². The highest BCUT2D eigenvalue weighted by Crippen LogP contribution is 2.32. The summed E-state index contributed by atoms with van der Waals surface area (Å²) < 4.78 is 43.0. The maximum atomic E-state index is 13.5. The molecule has 0 saturated carbocycles. The quantitative estimate of drug-likeness (QED) is 0.307. The number of aliphatic hydroxyl groups excluding tert-OH is 1. The van der Waals surface area contributed by atoms with Gasteiger partial charge in [0.1, 0.15) is 17.2 Å². The molecule has 1 fully saturated rings. The van der Waals surface area contributed by atoms with Crippen LogP contribution in [-0.4, -0.2) is 81.5 Å². The van der Waals surface area contributed by atoms with Crippen molar-refractivity contribution in [3.63, 3.8) is 0 Å². The van der Waals surface area contributed by atoms with E-state index in [2.05, 4.69) is 30.2 Å². The predicted octanol–water partition coefficient (Wildman–Crippen LogP) is 2.82. The second-order valence-corrected chi connectivity index (χ2v) is 9.59. The van der Waals surface area contributed by atoms with Crippen molar-refractivity contribution < 1.29 is 23.1 Å². The molecule has 1 aliphatic heterocycles. The summed E-state index contributed by atoms with van der Waals surface area (Å²) >= 11 is 0. The number of alkyl halides is 3. The second-order valence-electron chi connectivity index (χ2n) is 9.59. The lowest BCUT2D eigenvalue weighted by atomic mass is 10.0. The molecule has 2 N–H and O–H groups in total. The Balaban J connectivity index is 1.27. The van der Waals surface area contributed by atoms with Gasteiger partial charge in [0.05, 0.1) is 35.8 Å². The number of aromatic nitrogens is 8. The number of nitrogens with one attached hydrogen (secondary N) is 1. The first-order valence-corrected chi connectivity index (χ1v) is 12.9.